The number of nitrogens with zero attached hydrogens (tertiary/aromatic N) is 1. The predicted molar refractivity (Wildman–Crippen MR) is 47.5 cm³/mol. The molecule has 0 spiro atoms. The van der Waals surface area contributed by atoms with E-state index in [1.165, 1.54) is 0 Å². The smallest absolute Gasteiger partial charge is 0.323 e. The normalized spacial score (nSPS) is 16.5. The Morgan fingerprint density at radius 1 is 1.82 bits per heavy atom. The Morgan fingerprint density at radius 2 is 2.27 bits per heavy atom. The minimum atomic E-state index is -0.911. The van der Waals surface area contributed by atoms with Crippen molar-refractivity contribution in [1.82, 2.24) is 3.45 Å². The van der Waals surface area contributed by atoms with E-state index >= 15 is 0 Å². The van der Waals surface area contributed by atoms with Crippen molar-refractivity contribution >= 4 is 33.9 Å². The van der Waals surface area contributed by atoms with Crippen LogP contribution in [0.3, 0.4) is 0 Å². The summed E-state index contributed by atoms with van der Waals surface area (Å²) >= 11 is 8.38. The second-order valence-corrected chi connectivity index (χ2v) is 3.96. The number of hydrogen-bond acceptors (Lipinski definition) is 2. The highest BCUT2D eigenvalue weighted by Crippen LogP contribution is 2.20. The van der Waals surface area contributed by atoms with Gasteiger partial charge in [0.15, 0.2) is 0 Å². The van der Waals surface area contributed by atoms with Crippen LogP contribution in [0, 0.1) is 5.92 Å². The van der Waals surface area contributed by atoms with Gasteiger partial charge in [0.1, 0.15) is 6.04 Å². The third-order valence-electron chi connectivity index (χ3n) is 1.65. The van der Waals surface area contributed by atoms with Crippen molar-refractivity contribution in [2.24, 2.45) is 5.92 Å². The highest BCUT2D eigenvalue weighted by Gasteiger charge is 2.27. The van der Waals surface area contributed by atoms with Crippen LogP contribution in [0.25, 0.3) is 0 Å². The average molecular weight is 245 g/mol. The SMILES string of the molecule is CCC(C)C(C(=O)O)N(Cl)Br. The third-order valence-corrected chi connectivity index (χ3v) is 2.30. The summed E-state index contributed by atoms with van der Waals surface area (Å²) in [5, 5.41) is 8.69. The Balaban J connectivity index is 4.21. The summed E-state index contributed by atoms with van der Waals surface area (Å²) in [7, 11) is 0. The first-order valence-corrected chi connectivity index (χ1v) is 4.39. The Labute approximate surface area is 79.8 Å². The van der Waals surface area contributed by atoms with Crippen LogP contribution < -0.4 is 0 Å². The van der Waals surface area contributed by atoms with Crippen molar-refractivity contribution in [3.05, 3.63) is 0 Å². The number of rotatable bonds is 4. The fraction of sp³-hybridized carbons (Fsp3) is 0.833. The first-order valence-electron chi connectivity index (χ1n) is 3.34. The van der Waals surface area contributed by atoms with Crippen molar-refractivity contribution in [2.75, 3.05) is 0 Å². The van der Waals surface area contributed by atoms with Gasteiger partial charge in [-0.1, -0.05) is 20.3 Å². The summed E-state index contributed by atoms with van der Waals surface area (Å²) in [6, 6.07) is -0.665. The van der Waals surface area contributed by atoms with E-state index < -0.39 is 12.0 Å². The van der Waals surface area contributed by atoms with Crippen molar-refractivity contribution in [3.63, 3.8) is 0 Å². The maximum absolute atomic E-state index is 10.6. The molecular formula is C6H11BrClNO2. The molecule has 0 bridgehead atoms. The van der Waals surface area contributed by atoms with Crippen molar-refractivity contribution in [2.45, 2.75) is 26.3 Å². The summed E-state index contributed by atoms with van der Waals surface area (Å²) in [5.41, 5.74) is 0. The van der Waals surface area contributed by atoms with Crippen LogP contribution in [0.5, 0.6) is 0 Å². The molecule has 1 N–H and O–H groups in total. The summed E-state index contributed by atoms with van der Waals surface area (Å²) in [4.78, 5) is 10.6. The minimum Gasteiger partial charge on any atom is -0.480 e. The van der Waals surface area contributed by atoms with Gasteiger partial charge in [-0.05, 0) is 17.7 Å². The van der Waals surface area contributed by atoms with Crippen LogP contribution in [-0.4, -0.2) is 20.6 Å². The van der Waals surface area contributed by atoms with E-state index in [2.05, 4.69) is 16.1 Å². The Hall–Kier alpha value is 0.200. The zero-order chi connectivity index (χ0) is 9.02. The summed E-state index contributed by atoms with van der Waals surface area (Å²) in [6.07, 6.45) is 0.784. The van der Waals surface area contributed by atoms with E-state index in [0.717, 1.165) is 9.87 Å². The lowest BCUT2D eigenvalue weighted by Gasteiger charge is -2.20. The summed E-state index contributed by atoms with van der Waals surface area (Å²) in [6.45, 7) is 3.77. The van der Waals surface area contributed by atoms with Gasteiger partial charge in [-0.3, -0.25) is 4.79 Å². The van der Waals surface area contributed by atoms with E-state index in [1.807, 2.05) is 13.8 Å². The maximum Gasteiger partial charge on any atom is 0.323 e. The first kappa shape index (κ1) is 11.2. The van der Waals surface area contributed by atoms with Gasteiger partial charge >= 0.3 is 5.97 Å². The summed E-state index contributed by atoms with van der Waals surface area (Å²) in [5.74, 6) is -0.879. The monoisotopic (exact) mass is 243 g/mol. The lowest BCUT2D eigenvalue weighted by Crippen LogP contribution is -2.35. The van der Waals surface area contributed by atoms with Gasteiger partial charge in [-0.25, -0.2) is 0 Å². The lowest BCUT2D eigenvalue weighted by molar-refractivity contribution is -0.141. The Bertz CT molecular complexity index is 143. The van der Waals surface area contributed by atoms with Gasteiger partial charge in [0.2, 0.25) is 0 Å². The van der Waals surface area contributed by atoms with Gasteiger partial charge in [0.05, 0.1) is 0 Å². The van der Waals surface area contributed by atoms with Gasteiger partial charge in [0, 0.05) is 16.1 Å². The van der Waals surface area contributed by atoms with Crippen LogP contribution in [0.4, 0.5) is 0 Å². The molecule has 0 saturated carbocycles. The molecule has 0 fully saturated rings. The molecule has 2 atom stereocenters. The molecule has 11 heavy (non-hydrogen) atoms. The number of carbonyl (C=O) groups is 1. The lowest BCUT2D eigenvalue weighted by atomic mass is 10.0. The van der Waals surface area contributed by atoms with Crippen molar-refractivity contribution in [3.8, 4) is 0 Å². The van der Waals surface area contributed by atoms with Gasteiger partial charge < -0.3 is 5.11 Å². The molecule has 0 aliphatic heterocycles. The molecule has 0 heterocycles. The Kier molecular flexibility index (Phi) is 5.04. The quantitative estimate of drug-likeness (QED) is 0.771. The van der Waals surface area contributed by atoms with E-state index in [4.69, 9.17) is 16.9 Å². The third kappa shape index (κ3) is 3.40. The fourth-order valence-corrected chi connectivity index (χ4v) is 1.60. The molecule has 0 aliphatic carbocycles. The number of halogens is 2. The minimum absolute atomic E-state index is 0.0318. The van der Waals surface area contributed by atoms with Crippen LogP contribution in [0.1, 0.15) is 20.3 Å². The number of aliphatic carboxylic acids is 1. The molecule has 0 aromatic rings. The number of carboxylic acids is 1. The molecule has 0 saturated heterocycles. The highest BCUT2D eigenvalue weighted by atomic mass is 79.9. The second-order valence-electron chi connectivity index (χ2n) is 2.43. The van der Waals surface area contributed by atoms with E-state index in [-0.39, 0.29) is 5.92 Å². The van der Waals surface area contributed by atoms with E-state index in [9.17, 15) is 4.79 Å². The molecule has 0 rings (SSSR count). The predicted octanol–water partition coefficient (Wildman–Crippen LogP) is 2.25. The molecule has 5 heteroatoms. The van der Waals surface area contributed by atoms with Crippen LogP contribution in [0.2, 0.25) is 0 Å². The first-order chi connectivity index (χ1) is 5.00. The number of carboxylic acid groups (broad SMARTS) is 1. The van der Waals surface area contributed by atoms with Crippen LogP contribution in [-0.2, 0) is 4.79 Å². The van der Waals surface area contributed by atoms with E-state index in [0.29, 0.717) is 0 Å². The molecule has 0 radical (unpaired) electrons. The topological polar surface area (TPSA) is 40.5 Å². The average Bonchev–Trinajstić information content (AvgIpc) is 1.85. The molecule has 3 nitrogen and oxygen atoms in total. The molecule has 0 aliphatic rings. The van der Waals surface area contributed by atoms with Crippen molar-refractivity contribution < 1.29 is 9.90 Å². The zero-order valence-electron chi connectivity index (χ0n) is 6.42. The second kappa shape index (κ2) is 4.95. The highest BCUT2D eigenvalue weighted by molar-refractivity contribution is 9.08. The molecule has 0 aromatic heterocycles. The van der Waals surface area contributed by atoms with Crippen molar-refractivity contribution in [1.29, 1.82) is 0 Å². The molecule has 2 unspecified atom stereocenters. The van der Waals surface area contributed by atoms with Gasteiger partial charge in [-0.2, -0.15) is 0 Å². The molecule has 66 valence electrons. The maximum atomic E-state index is 10.6. The molecule has 0 amide bonds. The largest absolute Gasteiger partial charge is 0.480 e. The van der Waals surface area contributed by atoms with Crippen LogP contribution in [0.15, 0.2) is 0 Å². The van der Waals surface area contributed by atoms with E-state index in [1.54, 1.807) is 0 Å². The number of hydrogen-bond donors (Lipinski definition) is 1. The fourth-order valence-electron chi connectivity index (χ4n) is 0.743. The van der Waals surface area contributed by atoms with Crippen LogP contribution >= 0.6 is 27.9 Å². The molecular weight excluding hydrogens is 233 g/mol. The Morgan fingerprint density at radius 3 is 2.36 bits per heavy atom. The zero-order valence-corrected chi connectivity index (χ0v) is 8.76. The summed E-state index contributed by atoms with van der Waals surface area (Å²) < 4.78 is 1.03. The van der Waals surface area contributed by atoms with Gasteiger partial charge in [0.25, 0.3) is 0 Å². The van der Waals surface area contributed by atoms with Gasteiger partial charge in [-0.15, -0.1) is 3.45 Å². The molecule has 0 aromatic carbocycles. The standard InChI is InChI=1S/C6H11BrClNO2/c1-3-4(2)5(6(10)11)9(7)8/h4-5H,3H2,1-2H3,(H,10,11).